The van der Waals surface area contributed by atoms with Gasteiger partial charge >= 0.3 is 0 Å². The quantitative estimate of drug-likeness (QED) is 0.902. The molecule has 0 spiro atoms. The highest BCUT2D eigenvalue weighted by Gasteiger charge is 2.24. The Morgan fingerprint density at radius 1 is 1.21 bits per heavy atom. The zero-order valence-electron chi connectivity index (χ0n) is 11.3. The average molecular weight is 258 g/mol. The van der Waals surface area contributed by atoms with Gasteiger partial charge in [0.25, 0.3) is 0 Å². The first kappa shape index (κ1) is 12.7. The first-order chi connectivity index (χ1) is 9.22. The molecule has 1 unspecified atom stereocenters. The molecule has 102 valence electrons. The molecule has 2 fully saturated rings. The van der Waals surface area contributed by atoms with E-state index >= 15 is 0 Å². The summed E-state index contributed by atoms with van der Waals surface area (Å²) in [5.74, 6) is 0.999. The van der Waals surface area contributed by atoms with Crippen molar-refractivity contribution >= 4 is 5.91 Å². The van der Waals surface area contributed by atoms with E-state index in [9.17, 15) is 4.79 Å². The zero-order chi connectivity index (χ0) is 13.2. The molecule has 3 heteroatoms. The van der Waals surface area contributed by atoms with Crippen molar-refractivity contribution in [2.75, 3.05) is 13.1 Å². The molecule has 19 heavy (non-hydrogen) atoms. The average Bonchev–Trinajstić information content (AvgIpc) is 3.24. The monoisotopic (exact) mass is 258 g/mol. The van der Waals surface area contributed by atoms with Crippen molar-refractivity contribution in [1.29, 1.82) is 0 Å². The summed E-state index contributed by atoms with van der Waals surface area (Å²) in [5, 5.41) is 0. The minimum Gasteiger partial charge on any atom is -0.341 e. The Morgan fingerprint density at radius 2 is 1.95 bits per heavy atom. The van der Waals surface area contributed by atoms with Crippen LogP contribution in [-0.4, -0.2) is 29.9 Å². The highest BCUT2D eigenvalue weighted by molar-refractivity contribution is 5.79. The predicted molar refractivity (Wildman–Crippen MR) is 75.9 cm³/mol. The maximum atomic E-state index is 12.2. The SMILES string of the molecule is NC1CCCN(C(=O)Cc2ccc(C3CC3)cc2)C1. The van der Waals surface area contributed by atoms with Crippen molar-refractivity contribution in [1.82, 2.24) is 4.90 Å². The molecule has 1 amide bonds. The largest absolute Gasteiger partial charge is 0.341 e. The molecule has 1 saturated heterocycles. The number of hydrogen-bond donors (Lipinski definition) is 1. The lowest BCUT2D eigenvalue weighted by molar-refractivity contribution is -0.131. The van der Waals surface area contributed by atoms with Crippen LogP contribution in [0.3, 0.4) is 0 Å². The normalized spacial score (nSPS) is 23.4. The van der Waals surface area contributed by atoms with Gasteiger partial charge in [-0.3, -0.25) is 4.79 Å². The standard InChI is InChI=1S/C16H22N2O/c17-15-2-1-9-18(11-15)16(19)10-12-3-5-13(6-4-12)14-7-8-14/h3-6,14-15H,1-2,7-11,17H2. The first-order valence-corrected chi connectivity index (χ1v) is 7.34. The van der Waals surface area contributed by atoms with Crippen LogP contribution in [0.15, 0.2) is 24.3 Å². The summed E-state index contributed by atoms with van der Waals surface area (Å²) in [4.78, 5) is 14.1. The Bertz CT molecular complexity index is 450. The summed E-state index contributed by atoms with van der Waals surface area (Å²) >= 11 is 0. The van der Waals surface area contributed by atoms with Crippen LogP contribution in [-0.2, 0) is 11.2 Å². The Labute approximate surface area is 114 Å². The number of hydrogen-bond acceptors (Lipinski definition) is 2. The van der Waals surface area contributed by atoms with Gasteiger partial charge in [-0.05, 0) is 42.7 Å². The Morgan fingerprint density at radius 3 is 2.58 bits per heavy atom. The van der Waals surface area contributed by atoms with Gasteiger partial charge in [0.15, 0.2) is 0 Å². The molecular formula is C16H22N2O. The van der Waals surface area contributed by atoms with Crippen molar-refractivity contribution in [3.8, 4) is 0 Å². The fourth-order valence-electron chi connectivity index (χ4n) is 2.85. The van der Waals surface area contributed by atoms with Gasteiger partial charge in [-0.2, -0.15) is 0 Å². The lowest BCUT2D eigenvalue weighted by Crippen LogP contribution is -2.46. The number of rotatable bonds is 3. The number of nitrogens with zero attached hydrogens (tertiary/aromatic N) is 1. The summed E-state index contributed by atoms with van der Waals surface area (Å²) in [6.45, 7) is 1.59. The topological polar surface area (TPSA) is 46.3 Å². The smallest absolute Gasteiger partial charge is 0.227 e. The molecule has 1 aliphatic carbocycles. The second-order valence-electron chi connectivity index (χ2n) is 5.93. The van der Waals surface area contributed by atoms with Crippen LogP contribution >= 0.6 is 0 Å². The van der Waals surface area contributed by atoms with E-state index in [-0.39, 0.29) is 11.9 Å². The molecule has 1 aromatic carbocycles. The van der Waals surface area contributed by atoms with E-state index < -0.39 is 0 Å². The second-order valence-corrected chi connectivity index (χ2v) is 5.93. The number of carbonyl (C=O) groups excluding carboxylic acids is 1. The van der Waals surface area contributed by atoms with Gasteiger partial charge in [0.1, 0.15) is 0 Å². The molecule has 1 saturated carbocycles. The van der Waals surface area contributed by atoms with E-state index in [4.69, 9.17) is 5.73 Å². The Hall–Kier alpha value is -1.35. The van der Waals surface area contributed by atoms with E-state index in [1.165, 1.54) is 18.4 Å². The third-order valence-corrected chi connectivity index (χ3v) is 4.19. The van der Waals surface area contributed by atoms with Crippen LogP contribution in [0, 0.1) is 0 Å². The fraction of sp³-hybridized carbons (Fsp3) is 0.562. The highest BCUT2D eigenvalue weighted by atomic mass is 16.2. The van der Waals surface area contributed by atoms with Crippen LogP contribution in [0.5, 0.6) is 0 Å². The Balaban J connectivity index is 1.58. The van der Waals surface area contributed by atoms with Gasteiger partial charge in [-0.25, -0.2) is 0 Å². The second kappa shape index (κ2) is 5.33. The summed E-state index contributed by atoms with van der Waals surface area (Å²) in [6.07, 6.45) is 5.24. The van der Waals surface area contributed by atoms with Crippen molar-refractivity contribution in [3.63, 3.8) is 0 Å². The third-order valence-electron chi connectivity index (χ3n) is 4.19. The van der Waals surface area contributed by atoms with E-state index in [0.29, 0.717) is 6.42 Å². The van der Waals surface area contributed by atoms with Crippen molar-refractivity contribution in [3.05, 3.63) is 35.4 Å². The number of amides is 1. The number of benzene rings is 1. The lowest BCUT2D eigenvalue weighted by atomic mass is 10.0. The van der Waals surface area contributed by atoms with Crippen LogP contribution < -0.4 is 5.73 Å². The van der Waals surface area contributed by atoms with Crippen LogP contribution in [0.25, 0.3) is 0 Å². The maximum Gasteiger partial charge on any atom is 0.227 e. The van der Waals surface area contributed by atoms with E-state index in [2.05, 4.69) is 24.3 Å². The van der Waals surface area contributed by atoms with Gasteiger partial charge < -0.3 is 10.6 Å². The molecular weight excluding hydrogens is 236 g/mol. The molecule has 0 aromatic heterocycles. The number of nitrogens with two attached hydrogens (primary N) is 1. The molecule has 3 rings (SSSR count). The van der Waals surface area contributed by atoms with Crippen LogP contribution in [0.2, 0.25) is 0 Å². The summed E-state index contributed by atoms with van der Waals surface area (Å²) < 4.78 is 0. The summed E-state index contributed by atoms with van der Waals surface area (Å²) in [7, 11) is 0. The molecule has 2 aliphatic rings. The maximum absolute atomic E-state index is 12.2. The summed E-state index contributed by atoms with van der Waals surface area (Å²) in [6, 6.07) is 8.74. The molecule has 0 radical (unpaired) electrons. The first-order valence-electron chi connectivity index (χ1n) is 7.34. The van der Waals surface area contributed by atoms with Gasteiger partial charge in [0, 0.05) is 19.1 Å². The number of likely N-dealkylation sites (tertiary alicyclic amines) is 1. The van der Waals surface area contributed by atoms with E-state index in [1.54, 1.807) is 0 Å². The Kier molecular flexibility index (Phi) is 3.56. The fourth-order valence-corrected chi connectivity index (χ4v) is 2.85. The predicted octanol–water partition coefficient (Wildman–Crippen LogP) is 2.06. The van der Waals surface area contributed by atoms with Gasteiger partial charge in [0.2, 0.25) is 5.91 Å². The van der Waals surface area contributed by atoms with Gasteiger partial charge in [-0.1, -0.05) is 24.3 Å². The van der Waals surface area contributed by atoms with E-state index in [0.717, 1.165) is 37.4 Å². The summed E-state index contributed by atoms with van der Waals surface area (Å²) in [5.41, 5.74) is 8.47. The number of carbonyl (C=O) groups is 1. The minimum atomic E-state index is 0.162. The molecule has 1 atom stereocenters. The van der Waals surface area contributed by atoms with Gasteiger partial charge in [-0.15, -0.1) is 0 Å². The lowest BCUT2D eigenvalue weighted by Gasteiger charge is -2.30. The molecule has 3 nitrogen and oxygen atoms in total. The van der Waals surface area contributed by atoms with Crippen molar-refractivity contribution in [2.45, 2.75) is 44.1 Å². The van der Waals surface area contributed by atoms with Gasteiger partial charge in [0.05, 0.1) is 6.42 Å². The van der Waals surface area contributed by atoms with E-state index in [1.807, 2.05) is 4.90 Å². The third kappa shape index (κ3) is 3.16. The molecule has 1 aliphatic heterocycles. The van der Waals surface area contributed by atoms with Crippen molar-refractivity contribution < 1.29 is 4.79 Å². The molecule has 1 heterocycles. The van der Waals surface area contributed by atoms with Crippen molar-refractivity contribution in [2.24, 2.45) is 5.73 Å². The molecule has 0 bridgehead atoms. The molecule has 2 N–H and O–H groups in total. The highest BCUT2D eigenvalue weighted by Crippen LogP contribution is 2.39. The number of piperidine rings is 1. The van der Waals surface area contributed by atoms with Crippen LogP contribution in [0.1, 0.15) is 42.7 Å². The molecule has 1 aromatic rings. The van der Waals surface area contributed by atoms with Crippen LogP contribution in [0.4, 0.5) is 0 Å². The minimum absolute atomic E-state index is 0.162. The zero-order valence-corrected chi connectivity index (χ0v) is 11.3.